The molecule has 4 rings (SSSR count). The average molecular weight is 387 g/mol. The van der Waals surface area contributed by atoms with Crippen molar-refractivity contribution in [3.05, 3.63) is 84.7 Å². The van der Waals surface area contributed by atoms with Gasteiger partial charge < -0.3 is 14.2 Å². The molecule has 0 spiro atoms. The van der Waals surface area contributed by atoms with Crippen molar-refractivity contribution >= 4 is 0 Å². The molecule has 146 valence electrons. The van der Waals surface area contributed by atoms with Crippen LogP contribution in [0.25, 0.3) is 17.1 Å². The van der Waals surface area contributed by atoms with E-state index in [1.807, 2.05) is 72.9 Å². The topological polar surface area (TPSA) is 58.4 Å². The summed E-state index contributed by atoms with van der Waals surface area (Å²) in [6.45, 7) is 0.435. The van der Waals surface area contributed by atoms with Gasteiger partial charge in [-0.05, 0) is 29.8 Å². The standard InChI is InChI=1S/C23H21N3O3/c1-27-21-14-18(19-11-13-26(25-19)23-10-6-7-12-24-23)20(15-22(21)28-2)29-16-17-8-4-3-5-9-17/h3-15H,16H2,1-2H3. The summed E-state index contributed by atoms with van der Waals surface area (Å²) in [6.07, 6.45) is 3.61. The fraction of sp³-hybridized carbons (Fsp3) is 0.130. The van der Waals surface area contributed by atoms with E-state index in [2.05, 4.69) is 10.1 Å². The van der Waals surface area contributed by atoms with Gasteiger partial charge in [0.15, 0.2) is 17.3 Å². The summed E-state index contributed by atoms with van der Waals surface area (Å²) in [5.41, 5.74) is 2.64. The Hall–Kier alpha value is -3.80. The SMILES string of the molecule is COc1cc(OCc2ccccc2)c(-c2ccn(-c3ccccn3)n2)cc1OC. The molecule has 0 saturated carbocycles. The van der Waals surface area contributed by atoms with E-state index in [0.717, 1.165) is 22.6 Å². The van der Waals surface area contributed by atoms with Crippen molar-refractivity contribution in [1.82, 2.24) is 14.8 Å². The maximum Gasteiger partial charge on any atom is 0.164 e. The molecule has 0 unspecified atom stereocenters. The Kier molecular flexibility index (Phi) is 5.42. The third-order valence-electron chi connectivity index (χ3n) is 4.47. The molecule has 0 saturated heterocycles. The molecule has 0 bridgehead atoms. The van der Waals surface area contributed by atoms with Crippen LogP contribution in [0.4, 0.5) is 0 Å². The van der Waals surface area contributed by atoms with E-state index in [9.17, 15) is 0 Å². The van der Waals surface area contributed by atoms with Gasteiger partial charge in [0, 0.05) is 24.0 Å². The zero-order valence-electron chi connectivity index (χ0n) is 16.3. The van der Waals surface area contributed by atoms with Crippen molar-refractivity contribution in [2.75, 3.05) is 14.2 Å². The lowest BCUT2D eigenvalue weighted by Gasteiger charge is -2.15. The zero-order valence-corrected chi connectivity index (χ0v) is 16.3. The van der Waals surface area contributed by atoms with Crippen LogP contribution in [-0.2, 0) is 6.61 Å². The number of methoxy groups -OCH3 is 2. The average Bonchev–Trinajstić information content (AvgIpc) is 3.28. The summed E-state index contributed by atoms with van der Waals surface area (Å²) in [6, 6.07) is 21.3. The summed E-state index contributed by atoms with van der Waals surface area (Å²) < 4.78 is 18.8. The van der Waals surface area contributed by atoms with E-state index < -0.39 is 0 Å². The molecule has 0 amide bonds. The normalized spacial score (nSPS) is 10.6. The second-order valence-electron chi connectivity index (χ2n) is 6.31. The monoisotopic (exact) mass is 387 g/mol. The Morgan fingerprint density at radius 3 is 2.31 bits per heavy atom. The molecule has 6 heteroatoms. The van der Waals surface area contributed by atoms with Gasteiger partial charge in [-0.15, -0.1) is 0 Å². The second-order valence-corrected chi connectivity index (χ2v) is 6.31. The first-order chi connectivity index (χ1) is 14.3. The molecule has 0 N–H and O–H groups in total. The minimum atomic E-state index is 0.435. The molecule has 0 aliphatic heterocycles. The molecule has 0 fully saturated rings. The van der Waals surface area contributed by atoms with Crippen LogP contribution in [0.5, 0.6) is 17.2 Å². The van der Waals surface area contributed by atoms with E-state index in [-0.39, 0.29) is 0 Å². The van der Waals surface area contributed by atoms with Crippen molar-refractivity contribution in [3.8, 4) is 34.3 Å². The lowest BCUT2D eigenvalue weighted by molar-refractivity contribution is 0.301. The van der Waals surface area contributed by atoms with Gasteiger partial charge in [-0.1, -0.05) is 36.4 Å². The molecule has 29 heavy (non-hydrogen) atoms. The summed E-state index contributed by atoms with van der Waals surface area (Å²) in [7, 11) is 3.22. The number of pyridine rings is 1. The first-order valence-corrected chi connectivity index (χ1v) is 9.18. The third-order valence-corrected chi connectivity index (χ3v) is 4.47. The molecule has 2 aromatic carbocycles. The number of rotatable bonds is 7. The van der Waals surface area contributed by atoms with Gasteiger partial charge in [0.25, 0.3) is 0 Å². The first kappa shape index (κ1) is 18.6. The van der Waals surface area contributed by atoms with Crippen LogP contribution >= 0.6 is 0 Å². The minimum absolute atomic E-state index is 0.435. The van der Waals surface area contributed by atoms with Crippen molar-refractivity contribution < 1.29 is 14.2 Å². The molecule has 0 aliphatic rings. The van der Waals surface area contributed by atoms with Gasteiger partial charge in [0.05, 0.1) is 19.9 Å². The summed E-state index contributed by atoms with van der Waals surface area (Å²) in [5.74, 6) is 2.62. The maximum atomic E-state index is 6.13. The van der Waals surface area contributed by atoms with Gasteiger partial charge in [-0.3, -0.25) is 0 Å². The smallest absolute Gasteiger partial charge is 0.164 e. The lowest BCUT2D eigenvalue weighted by Crippen LogP contribution is -2.00. The van der Waals surface area contributed by atoms with E-state index in [1.54, 1.807) is 25.1 Å². The van der Waals surface area contributed by atoms with Crippen LogP contribution in [0.3, 0.4) is 0 Å². The Morgan fingerprint density at radius 1 is 0.828 bits per heavy atom. The van der Waals surface area contributed by atoms with Crippen molar-refractivity contribution in [2.24, 2.45) is 0 Å². The Balaban J connectivity index is 1.72. The van der Waals surface area contributed by atoms with E-state index in [0.29, 0.717) is 23.9 Å². The zero-order chi connectivity index (χ0) is 20.1. The van der Waals surface area contributed by atoms with Crippen LogP contribution < -0.4 is 14.2 Å². The van der Waals surface area contributed by atoms with Crippen LogP contribution in [0.15, 0.2) is 79.1 Å². The Morgan fingerprint density at radius 2 is 1.59 bits per heavy atom. The van der Waals surface area contributed by atoms with E-state index in [4.69, 9.17) is 14.2 Å². The molecular formula is C23H21N3O3. The summed E-state index contributed by atoms with van der Waals surface area (Å²) >= 11 is 0. The van der Waals surface area contributed by atoms with Gasteiger partial charge in [-0.2, -0.15) is 5.10 Å². The van der Waals surface area contributed by atoms with Crippen LogP contribution in [-0.4, -0.2) is 29.0 Å². The van der Waals surface area contributed by atoms with E-state index >= 15 is 0 Å². The third kappa shape index (κ3) is 4.06. The van der Waals surface area contributed by atoms with Gasteiger partial charge in [0.1, 0.15) is 12.4 Å². The highest BCUT2D eigenvalue weighted by atomic mass is 16.5. The molecule has 6 nitrogen and oxygen atoms in total. The number of hydrogen-bond donors (Lipinski definition) is 0. The summed E-state index contributed by atoms with van der Waals surface area (Å²) in [5, 5.41) is 4.68. The molecule has 0 aliphatic carbocycles. The molecule has 0 atom stereocenters. The van der Waals surface area contributed by atoms with Crippen molar-refractivity contribution in [3.63, 3.8) is 0 Å². The highest BCUT2D eigenvalue weighted by molar-refractivity contribution is 5.71. The predicted octanol–water partition coefficient (Wildman–Crippen LogP) is 4.53. The van der Waals surface area contributed by atoms with Gasteiger partial charge in [0.2, 0.25) is 0 Å². The van der Waals surface area contributed by atoms with Crippen molar-refractivity contribution in [1.29, 1.82) is 0 Å². The molecule has 2 aromatic heterocycles. The fourth-order valence-corrected chi connectivity index (χ4v) is 3.00. The predicted molar refractivity (Wildman–Crippen MR) is 111 cm³/mol. The second kappa shape index (κ2) is 8.48. The fourth-order valence-electron chi connectivity index (χ4n) is 3.00. The van der Waals surface area contributed by atoms with Crippen LogP contribution in [0.1, 0.15) is 5.56 Å². The highest BCUT2D eigenvalue weighted by Crippen LogP contribution is 2.40. The Bertz CT molecular complexity index is 1080. The number of benzene rings is 2. The first-order valence-electron chi connectivity index (χ1n) is 9.18. The number of nitrogens with zero attached hydrogens (tertiary/aromatic N) is 3. The molecular weight excluding hydrogens is 366 g/mol. The summed E-state index contributed by atoms with van der Waals surface area (Å²) in [4.78, 5) is 4.34. The number of aromatic nitrogens is 3. The van der Waals surface area contributed by atoms with Crippen LogP contribution in [0, 0.1) is 0 Å². The van der Waals surface area contributed by atoms with Gasteiger partial charge in [-0.25, -0.2) is 9.67 Å². The number of ether oxygens (including phenoxy) is 3. The molecule has 4 aromatic rings. The van der Waals surface area contributed by atoms with Gasteiger partial charge >= 0.3 is 0 Å². The number of hydrogen-bond acceptors (Lipinski definition) is 5. The lowest BCUT2D eigenvalue weighted by atomic mass is 10.1. The molecule has 0 radical (unpaired) electrons. The van der Waals surface area contributed by atoms with Crippen LogP contribution in [0.2, 0.25) is 0 Å². The maximum absolute atomic E-state index is 6.13. The Labute approximate surface area is 169 Å². The van der Waals surface area contributed by atoms with E-state index in [1.165, 1.54) is 0 Å². The molecule has 2 heterocycles. The largest absolute Gasteiger partial charge is 0.493 e. The quantitative estimate of drug-likeness (QED) is 0.466. The minimum Gasteiger partial charge on any atom is -0.493 e. The van der Waals surface area contributed by atoms with Crippen molar-refractivity contribution in [2.45, 2.75) is 6.61 Å². The highest BCUT2D eigenvalue weighted by Gasteiger charge is 2.16.